The lowest BCUT2D eigenvalue weighted by Gasteiger charge is -2.26. The van der Waals surface area contributed by atoms with Crippen LogP contribution in [0.25, 0.3) is 0 Å². The van der Waals surface area contributed by atoms with Gasteiger partial charge in [0.2, 0.25) is 0 Å². The average molecular weight is 296 g/mol. The molecule has 0 heterocycles. The second-order valence-electron chi connectivity index (χ2n) is 5.84. The zero-order chi connectivity index (χ0) is 14.5. The number of hydrogen-bond acceptors (Lipinski definition) is 2. The van der Waals surface area contributed by atoms with Crippen molar-refractivity contribution in [1.82, 2.24) is 5.32 Å². The van der Waals surface area contributed by atoms with Crippen molar-refractivity contribution in [2.75, 3.05) is 6.54 Å². The van der Waals surface area contributed by atoms with Gasteiger partial charge in [-0.15, -0.1) is 0 Å². The first kappa shape index (κ1) is 15.2. The Bertz CT molecular complexity index is 476. The molecule has 20 heavy (non-hydrogen) atoms. The van der Waals surface area contributed by atoms with Crippen LogP contribution in [0.2, 0.25) is 5.02 Å². The summed E-state index contributed by atoms with van der Waals surface area (Å²) in [6.45, 7) is 2.97. The molecule has 1 amide bonds. The number of hydrogen-bond donors (Lipinski definition) is 2. The van der Waals surface area contributed by atoms with Crippen LogP contribution in [0, 0.1) is 11.8 Å². The van der Waals surface area contributed by atoms with Crippen molar-refractivity contribution in [2.45, 2.75) is 39.0 Å². The molecule has 2 rings (SSSR count). The highest BCUT2D eigenvalue weighted by Gasteiger charge is 2.19. The Hall–Kier alpha value is -1.22. The van der Waals surface area contributed by atoms with Crippen LogP contribution in [0.4, 0.5) is 0 Å². The molecule has 2 unspecified atom stereocenters. The predicted molar refractivity (Wildman–Crippen MR) is 81.2 cm³/mol. The van der Waals surface area contributed by atoms with Crippen LogP contribution >= 0.6 is 11.6 Å². The average Bonchev–Trinajstić information content (AvgIpc) is 2.38. The molecule has 1 fully saturated rings. The first-order chi connectivity index (χ1) is 9.56. The third-order valence-corrected chi connectivity index (χ3v) is 4.32. The molecular formula is C16H22ClNO2. The fourth-order valence-electron chi connectivity index (χ4n) is 3.00. The van der Waals surface area contributed by atoms with Gasteiger partial charge in [-0.25, -0.2) is 0 Å². The monoisotopic (exact) mass is 295 g/mol. The van der Waals surface area contributed by atoms with Crippen LogP contribution in [-0.2, 0) is 0 Å². The summed E-state index contributed by atoms with van der Waals surface area (Å²) in [6.07, 6.45) is 6.19. The fraction of sp³-hybridized carbons (Fsp3) is 0.562. The number of amides is 1. The highest BCUT2D eigenvalue weighted by Crippen LogP contribution is 2.30. The summed E-state index contributed by atoms with van der Waals surface area (Å²) in [5.41, 5.74) is 0.284. The van der Waals surface area contributed by atoms with Gasteiger partial charge in [0.1, 0.15) is 5.75 Å². The van der Waals surface area contributed by atoms with Crippen molar-refractivity contribution >= 4 is 17.5 Å². The Kier molecular flexibility index (Phi) is 5.30. The lowest BCUT2D eigenvalue weighted by atomic mass is 9.81. The summed E-state index contributed by atoms with van der Waals surface area (Å²) in [4.78, 5) is 12.0. The predicted octanol–water partition coefficient (Wildman–Crippen LogP) is 3.99. The van der Waals surface area contributed by atoms with E-state index in [2.05, 4.69) is 12.2 Å². The van der Waals surface area contributed by atoms with Gasteiger partial charge in [-0.3, -0.25) is 4.79 Å². The third kappa shape index (κ3) is 4.14. The van der Waals surface area contributed by atoms with E-state index in [-0.39, 0.29) is 17.2 Å². The highest BCUT2D eigenvalue weighted by molar-refractivity contribution is 6.30. The number of benzene rings is 1. The summed E-state index contributed by atoms with van der Waals surface area (Å²) >= 11 is 5.75. The molecule has 2 atom stereocenters. The Balaban J connectivity index is 1.80. The van der Waals surface area contributed by atoms with Crippen LogP contribution in [0.5, 0.6) is 5.75 Å². The van der Waals surface area contributed by atoms with Gasteiger partial charge >= 0.3 is 0 Å². The number of nitrogens with one attached hydrogen (secondary N) is 1. The minimum Gasteiger partial charge on any atom is -0.507 e. The topological polar surface area (TPSA) is 49.3 Å². The summed E-state index contributed by atoms with van der Waals surface area (Å²) in [5.74, 6) is 1.23. The van der Waals surface area contributed by atoms with E-state index in [1.165, 1.54) is 31.7 Å². The summed E-state index contributed by atoms with van der Waals surface area (Å²) in [7, 11) is 0. The van der Waals surface area contributed by atoms with E-state index in [9.17, 15) is 9.90 Å². The van der Waals surface area contributed by atoms with Crippen molar-refractivity contribution < 1.29 is 9.90 Å². The molecular weight excluding hydrogens is 274 g/mol. The quantitative estimate of drug-likeness (QED) is 0.882. The van der Waals surface area contributed by atoms with Gasteiger partial charge in [-0.1, -0.05) is 37.8 Å². The number of halogens is 1. The Morgan fingerprint density at radius 1 is 1.45 bits per heavy atom. The molecule has 1 aromatic rings. The van der Waals surface area contributed by atoms with E-state index < -0.39 is 0 Å². The number of carbonyl (C=O) groups is 1. The number of phenols is 1. The highest BCUT2D eigenvalue weighted by atomic mass is 35.5. The number of carbonyl (C=O) groups excluding carboxylic acids is 1. The molecule has 4 heteroatoms. The summed E-state index contributed by atoms with van der Waals surface area (Å²) < 4.78 is 0. The second kappa shape index (κ2) is 6.98. The normalized spacial score (nSPS) is 22.5. The molecule has 1 aromatic carbocycles. The van der Waals surface area contributed by atoms with Gasteiger partial charge in [0, 0.05) is 11.6 Å². The second-order valence-corrected chi connectivity index (χ2v) is 6.28. The van der Waals surface area contributed by atoms with E-state index in [0.717, 1.165) is 18.3 Å². The van der Waals surface area contributed by atoms with Gasteiger partial charge in [0.25, 0.3) is 5.91 Å². The molecule has 3 nitrogen and oxygen atoms in total. The van der Waals surface area contributed by atoms with Gasteiger partial charge < -0.3 is 10.4 Å². The Morgan fingerprint density at radius 2 is 2.25 bits per heavy atom. The van der Waals surface area contributed by atoms with Crippen LogP contribution in [0.1, 0.15) is 49.4 Å². The molecule has 0 spiro atoms. The van der Waals surface area contributed by atoms with Gasteiger partial charge in [-0.05, 0) is 42.9 Å². The van der Waals surface area contributed by atoms with E-state index in [0.29, 0.717) is 11.6 Å². The van der Waals surface area contributed by atoms with Gasteiger partial charge in [0.05, 0.1) is 5.56 Å². The maximum absolute atomic E-state index is 12.0. The molecule has 1 aliphatic rings. The lowest BCUT2D eigenvalue weighted by Crippen LogP contribution is -2.27. The standard InChI is InChI=1S/C16H22ClNO2/c1-11-3-2-4-12(9-11)7-8-18-16(20)14-6-5-13(17)10-15(14)19/h5-6,10-12,19H,2-4,7-9H2,1H3,(H,18,20). The molecule has 0 radical (unpaired) electrons. The molecule has 0 aliphatic heterocycles. The van der Waals surface area contributed by atoms with Crippen LogP contribution in [-0.4, -0.2) is 17.6 Å². The largest absolute Gasteiger partial charge is 0.507 e. The number of aromatic hydroxyl groups is 1. The number of rotatable bonds is 4. The zero-order valence-corrected chi connectivity index (χ0v) is 12.6. The van der Waals surface area contributed by atoms with Crippen LogP contribution in [0.15, 0.2) is 18.2 Å². The zero-order valence-electron chi connectivity index (χ0n) is 11.9. The molecule has 1 saturated carbocycles. The van der Waals surface area contributed by atoms with E-state index in [4.69, 9.17) is 11.6 Å². The molecule has 1 aliphatic carbocycles. The van der Waals surface area contributed by atoms with Gasteiger partial charge in [0.15, 0.2) is 0 Å². The van der Waals surface area contributed by atoms with E-state index >= 15 is 0 Å². The minimum atomic E-state index is -0.233. The molecule has 0 bridgehead atoms. The van der Waals surface area contributed by atoms with Gasteiger partial charge in [-0.2, -0.15) is 0 Å². The Morgan fingerprint density at radius 3 is 2.95 bits per heavy atom. The van der Waals surface area contributed by atoms with Crippen LogP contribution < -0.4 is 5.32 Å². The first-order valence-electron chi connectivity index (χ1n) is 7.33. The molecule has 0 aromatic heterocycles. The van der Waals surface area contributed by atoms with Crippen molar-refractivity contribution in [3.8, 4) is 5.75 Å². The molecule has 0 saturated heterocycles. The SMILES string of the molecule is CC1CCCC(CCNC(=O)c2ccc(Cl)cc2O)C1. The maximum Gasteiger partial charge on any atom is 0.255 e. The first-order valence-corrected chi connectivity index (χ1v) is 7.70. The molecule has 2 N–H and O–H groups in total. The minimum absolute atomic E-state index is 0.0683. The van der Waals surface area contributed by atoms with E-state index in [1.54, 1.807) is 12.1 Å². The smallest absolute Gasteiger partial charge is 0.255 e. The lowest BCUT2D eigenvalue weighted by molar-refractivity contribution is 0.0947. The van der Waals surface area contributed by atoms with E-state index in [1.807, 2.05) is 0 Å². The van der Waals surface area contributed by atoms with Crippen LogP contribution in [0.3, 0.4) is 0 Å². The summed E-state index contributed by atoms with van der Waals surface area (Å²) in [6, 6.07) is 4.55. The Labute approximate surface area is 125 Å². The maximum atomic E-state index is 12.0. The fourth-order valence-corrected chi connectivity index (χ4v) is 3.17. The van der Waals surface area contributed by atoms with Crippen molar-refractivity contribution in [2.24, 2.45) is 11.8 Å². The van der Waals surface area contributed by atoms with Crippen molar-refractivity contribution in [3.63, 3.8) is 0 Å². The number of phenolic OH excluding ortho intramolecular Hbond substituents is 1. The molecule has 110 valence electrons. The third-order valence-electron chi connectivity index (χ3n) is 4.09. The summed E-state index contributed by atoms with van der Waals surface area (Å²) in [5, 5.41) is 13.0. The van der Waals surface area contributed by atoms with Crippen molar-refractivity contribution in [1.29, 1.82) is 0 Å². The van der Waals surface area contributed by atoms with Crippen molar-refractivity contribution in [3.05, 3.63) is 28.8 Å².